The Balaban J connectivity index is 1.42. The highest BCUT2D eigenvalue weighted by Gasteiger charge is 2.66. The molecule has 6 nitrogen and oxygen atoms in total. The summed E-state index contributed by atoms with van der Waals surface area (Å²) in [4.78, 5) is 25.4. The minimum Gasteiger partial charge on any atom is -0.395 e. The number of aliphatic hydroxyl groups excluding tert-OH is 1. The quantitative estimate of drug-likeness (QED) is 0.859. The Morgan fingerprint density at radius 3 is 2.46 bits per heavy atom. The molecule has 146 valence electrons. The van der Waals surface area contributed by atoms with Crippen LogP contribution in [0.2, 0.25) is 0 Å². The van der Waals surface area contributed by atoms with Crippen molar-refractivity contribution >= 4 is 5.91 Å². The second-order valence-electron chi connectivity index (χ2n) is 8.44. The molecule has 1 amide bonds. The molecule has 1 spiro atoms. The average Bonchev–Trinajstić information content (AvgIpc) is 2.64. The van der Waals surface area contributed by atoms with E-state index < -0.39 is 0 Å². The van der Waals surface area contributed by atoms with E-state index in [4.69, 9.17) is 0 Å². The summed E-state index contributed by atoms with van der Waals surface area (Å²) < 4.78 is 0. The molecule has 0 radical (unpaired) electrons. The number of aromatic nitrogens is 2. The lowest BCUT2D eigenvalue weighted by molar-refractivity contribution is -0.203. The van der Waals surface area contributed by atoms with Crippen molar-refractivity contribution in [1.29, 1.82) is 0 Å². The number of nitrogens with zero attached hydrogens (tertiary/aromatic N) is 4. The van der Waals surface area contributed by atoms with Gasteiger partial charge in [0.2, 0.25) is 5.91 Å². The van der Waals surface area contributed by atoms with Gasteiger partial charge in [0, 0.05) is 55.5 Å². The number of hydrogen-bond acceptors (Lipinski definition) is 5. The van der Waals surface area contributed by atoms with E-state index in [1.54, 1.807) is 0 Å². The van der Waals surface area contributed by atoms with Crippen LogP contribution < -0.4 is 0 Å². The summed E-state index contributed by atoms with van der Waals surface area (Å²) in [5, 5.41) is 10.2. The monoisotopic (exact) mass is 378 g/mol. The van der Waals surface area contributed by atoms with E-state index in [9.17, 15) is 9.90 Å². The molecule has 2 saturated heterocycles. The fourth-order valence-electron chi connectivity index (χ4n) is 5.31. The first-order chi connectivity index (χ1) is 13.7. The predicted octanol–water partition coefficient (Wildman–Crippen LogP) is 1.82. The minimum atomic E-state index is -0.107. The van der Waals surface area contributed by atoms with Gasteiger partial charge in [0.1, 0.15) is 6.33 Å². The molecule has 0 unspecified atom stereocenters. The van der Waals surface area contributed by atoms with Crippen LogP contribution in [0, 0.1) is 5.92 Å². The van der Waals surface area contributed by atoms with Gasteiger partial charge in [-0.2, -0.15) is 0 Å². The van der Waals surface area contributed by atoms with Crippen molar-refractivity contribution in [3.63, 3.8) is 0 Å². The summed E-state index contributed by atoms with van der Waals surface area (Å²) in [5.74, 6) is 0.783. The second-order valence-corrected chi connectivity index (χ2v) is 8.44. The number of likely N-dealkylation sites (tertiary alicyclic amines) is 2. The van der Waals surface area contributed by atoms with Gasteiger partial charge in [0.25, 0.3) is 0 Å². The van der Waals surface area contributed by atoms with Gasteiger partial charge in [0.05, 0.1) is 12.1 Å². The molecule has 28 heavy (non-hydrogen) atoms. The molecular weight excluding hydrogens is 352 g/mol. The molecule has 3 fully saturated rings. The Kier molecular flexibility index (Phi) is 4.40. The van der Waals surface area contributed by atoms with Gasteiger partial charge in [-0.15, -0.1) is 0 Å². The smallest absolute Gasteiger partial charge is 0.225 e. The molecule has 0 bridgehead atoms. The van der Waals surface area contributed by atoms with Crippen LogP contribution in [0.1, 0.15) is 36.3 Å². The van der Waals surface area contributed by atoms with E-state index in [2.05, 4.69) is 39.1 Å². The fraction of sp³-hybridized carbons (Fsp3) is 0.500. The van der Waals surface area contributed by atoms with Crippen molar-refractivity contribution in [3.8, 4) is 0 Å². The number of amides is 1. The van der Waals surface area contributed by atoms with E-state index >= 15 is 0 Å². The SMILES string of the molecule is O=C(C1CCC1)N1CC2(C1)[C@@H](c1ccccc1)[C@@H](CO)N2Cc1cncnc1. The largest absolute Gasteiger partial charge is 0.395 e. The van der Waals surface area contributed by atoms with Gasteiger partial charge in [-0.3, -0.25) is 9.69 Å². The van der Waals surface area contributed by atoms with Crippen LogP contribution in [-0.2, 0) is 11.3 Å². The molecule has 2 aliphatic heterocycles. The maximum Gasteiger partial charge on any atom is 0.225 e. The molecule has 5 rings (SSSR count). The van der Waals surface area contributed by atoms with E-state index in [0.29, 0.717) is 12.5 Å². The van der Waals surface area contributed by atoms with Crippen LogP contribution in [0.4, 0.5) is 0 Å². The Morgan fingerprint density at radius 2 is 1.86 bits per heavy atom. The lowest BCUT2D eigenvalue weighted by atomic mass is 9.60. The first-order valence-electron chi connectivity index (χ1n) is 10.2. The van der Waals surface area contributed by atoms with E-state index in [-0.39, 0.29) is 30.0 Å². The summed E-state index contributed by atoms with van der Waals surface area (Å²) in [6.45, 7) is 2.28. The van der Waals surface area contributed by atoms with Crippen LogP contribution >= 0.6 is 0 Å². The molecule has 2 atom stereocenters. The first-order valence-corrected chi connectivity index (χ1v) is 10.2. The molecule has 1 aromatic heterocycles. The molecule has 1 aromatic carbocycles. The summed E-state index contributed by atoms with van der Waals surface area (Å²) in [6.07, 6.45) is 8.45. The third-order valence-electron chi connectivity index (χ3n) is 6.94. The summed E-state index contributed by atoms with van der Waals surface area (Å²) in [5.41, 5.74) is 2.18. The van der Waals surface area contributed by atoms with Crippen LogP contribution in [0.15, 0.2) is 49.1 Å². The average molecular weight is 378 g/mol. The third kappa shape index (κ3) is 2.66. The van der Waals surface area contributed by atoms with Crippen LogP contribution in [0.3, 0.4) is 0 Å². The summed E-state index contributed by atoms with van der Waals surface area (Å²) in [7, 11) is 0. The zero-order chi connectivity index (χ0) is 19.1. The molecule has 1 N–H and O–H groups in total. The third-order valence-corrected chi connectivity index (χ3v) is 6.94. The van der Waals surface area contributed by atoms with Gasteiger partial charge in [-0.05, 0) is 18.4 Å². The van der Waals surface area contributed by atoms with Gasteiger partial charge in [0.15, 0.2) is 0 Å². The van der Waals surface area contributed by atoms with Gasteiger partial charge in [-0.1, -0.05) is 36.8 Å². The van der Waals surface area contributed by atoms with E-state index in [1.165, 1.54) is 18.3 Å². The highest BCUT2D eigenvalue weighted by Crippen LogP contribution is 2.54. The maximum absolute atomic E-state index is 12.7. The normalized spacial score (nSPS) is 26.4. The van der Waals surface area contributed by atoms with Gasteiger partial charge >= 0.3 is 0 Å². The predicted molar refractivity (Wildman–Crippen MR) is 104 cm³/mol. The van der Waals surface area contributed by atoms with E-state index in [0.717, 1.165) is 31.5 Å². The van der Waals surface area contributed by atoms with Crippen molar-refractivity contribution in [2.45, 2.75) is 43.3 Å². The highest BCUT2D eigenvalue weighted by atomic mass is 16.3. The van der Waals surface area contributed by atoms with Crippen LogP contribution in [0.25, 0.3) is 0 Å². The number of carbonyl (C=O) groups is 1. The molecule has 3 heterocycles. The van der Waals surface area contributed by atoms with Crippen molar-refractivity contribution in [3.05, 3.63) is 60.2 Å². The Labute approximate surface area is 165 Å². The topological polar surface area (TPSA) is 69.6 Å². The Morgan fingerprint density at radius 1 is 1.14 bits per heavy atom. The number of carbonyl (C=O) groups excluding carboxylic acids is 1. The van der Waals surface area contributed by atoms with E-state index in [1.807, 2.05) is 23.4 Å². The molecule has 2 aromatic rings. The number of aliphatic hydroxyl groups is 1. The number of benzene rings is 1. The van der Waals surface area contributed by atoms with Crippen LogP contribution in [-0.4, -0.2) is 62.1 Å². The minimum absolute atomic E-state index is 0.0450. The van der Waals surface area contributed by atoms with Crippen molar-refractivity contribution in [1.82, 2.24) is 19.8 Å². The first kappa shape index (κ1) is 17.8. The number of rotatable bonds is 5. The number of hydrogen-bond donors (Lipinski definition) is 1. The van der Waals surface area contributed by atoms with Crippen LogP contribution in [0.5, 0.6) is 0 Å². The molecular formula is C22H26N4O2. The zero-order valence-corrected chi connectivity index (χ0v) is 15.9. The summed E-state index contributed by atoms with van der Waals surface area (Å²) >= 11 is 0. The Bertz CT molecular complexity index is 834. The molecule has 3 aliphatic rings. The fourth-order valence-corrected chi connectivity index (χ4v) is 5.31. The summed E-state index contributed by atoms with van der Waals surface area (Å²) in [6, 6.07) is 10.5. The van der Waals surface area contributed by atoms with Crippen molar-refractivity contribution < 1.29 is 9.90 Å². The molecule has 1 saturated carbocycles. The zero-order valence-electron chi connectivity index (χ0n) is 15.9. The Hall–Kier alpha value is -2.31. The van der Waals surface area contributed by atoms with Crippen molar-refractivity contribution in [2.24, 2.45) is 5.92 Å². The van der Waals surface area contributed by atoms with Crippen molar-refractivity contribution in [2.75, 3.05) is 19.7 Å². The lowest BCUT2D eigenvalue weighted by Gasteiger charge is -2.71. The second kappa shape index (κ2) is 6.94. The molecule has 1 aliphatic carbocycles. The van der Waals surface area contributed by atoms with Gasteiger partial charge in [-0.25, -0.2) is 9.97 Å². The lowest BCUT2D eigenvalue weighted by Crippen LogP contribution is -2.85. The highest BCUT2D eigenvalue weighted by molar-refractivity contribution is 5.81. The molecule has 6 heteroatoms. The maximum atomic E-state index is 12.7. The standard InChI is InChI=1S/C22H26N4O2/c27-12-19-20(17-5-2-1-3-6-17)22(26(19)11-16-9-23-15-24-10-16)13-25(14-22)21(28)18-7-4-8-18/h1-3,5-6,9-10,15,18-20,27H,4,7-8,11-14H2/t19-,20+/m1/s1. The van der Waals surface area contributed by atoms with Gasteiger partial charge < -0.3 is 10.0 Å².